The van der Waals surface area contributed by atoms with E-state index in [1.807, 2.05) is 13.0 Å². The molecule has 0 aromatic heterocycles. The topological polar surface area (TPSA) is 58.6 Å². The lowest BCUT2D eigenvalue weighted by Crippen LogP contribution is -2.46. The average Bonchev–Trinajstić information content (AvgIpc) is 2.63. The van der Waals surface area contributed by atoms with Gasteiger partial charge in [-0.15, -0.1) is 0 Å². The van der Waals surface area contributed by atoms with E-state index in [1.54, 1.807) is 25.3 Å². The van der Waals surface area contributed by atoms with Crippen LogP contribution in [0.5, 0.6) is 5.75 Å². The number of hydrogen-bond acceptors (Lipinski definition) is 3. The second kappa shape index (κ2) is 7.56. The molecule has 1 aromatic rings. The fraction of sp³-hybridized carbons (Fsp3) is 0.300. The number of nitrogens with zero attached hydrogens (tertiary/aromatic N) is 1. The first kappa shape index (κ1) is 17.9. The van der Waals surface area contributed by atoms with Crippen molar-refractivity contribution in [3.05, 3.63) is 60.1 Å². The van der Waals surface area contributed by atoms with Gasteiger partial charge in [-0.25, -0.2) is 9.18 Å². The highest BCUT2D eigenvalue weighted by Crippen LogP contribution is 2.29. The van der Waals surface area contributed by atoms with Crippen LogP contribution in [0.1, 0.15) is 18.4 Å². The summed E-state index contributed by atoms with van der Waals surface area (Å²) < 4.78 is 18.9. The number of carbonyl (C=O) groups is 2. The Balaban J connectivity index is 1.80. The highest BCUT2D eigenvalue weighted by molar-refractivity contribution is 5.96. The Morgan fingerprint density at radius 2 is 2.15 bits per heavy atom. The van der Waals surface area contributed by atoms with Crippen LogP contribution < -0.4 is 10.1 Å². The van der Waals surface area contributed by atoms with Crippen molar-refractivity contribution in [2.45, 2.75) is 25.8 Å². The quantitative estimate of drug-likeness (QED) is 0.886. The van der Waals surface area contributed by atoms with Crippen LogP contribution in [0.25, 0.3) is 0 Å². The summed E-state index contributed by atoms with van der Waals surface area (Å²) in [6, 6.07) is 4.59. The molecule has 3 rings (SSSR count). The van der Waals surface area contributed by atoms with Crippen LogP contribution in [0.15, 0.2) is 54.5 Å². The van der Waals surface area contributed by atoms with Gasteiger partial charge in [-0.1, -0.05) is 12.1 Å². The van der Waals surface area contributed by atoms with E-state index in [-0.39, 0.29) is 30.0 Å². The van der Waals surface area contributed by atoms with Gasteiger partial charge in [0.2, 0.25) is 0 Å². The third-order valence-corrected chi connectivity index (χ3v) is 4.64. The normalized spacial score (nSPS) is 22.2. The molecular formula is C20H21FN2O3. The fourth-order valence-corrected chi connectivity index (χ4v) is 3.24. The van der Waals surface area contributed by atoms with Crippen LogP contribution >= 0.6 is 0 Å². The summed E-state index contributed by atoms with van der Waals surface area (Å²) in [6.07, 6.45) is 8.21. The van der Waals surface area contributed by atoms with Crippen LogP contribution in [-0.4, -0.2) is 29.9 Å². The van der Waals surface area contributed by atoms with Gasteiger partial charge in [0.1, 0.15) is 11.6 Å². The molecule has 0 bridgehead atoms. The number of ketones is 1. The summed E-state index contributed by atoms with van der Waals surface area (Å²) in [5.41, 5.74) is 1.55. The molecule has 1 aliphatic heterocycles. The molecule has 26 heavy (non-hydrogen) atoms. The highest BCUT2D eigenvalue weighted by atomic mass is 19.1. The molecule has 2 amide bonds. The maximum Gasteiger partial charge on any atom is 0.326 e. The summed E-state index contributed by atoms with van der Waals surface area (Å²) in [6.45, 7) is 1.91. The molecule has 2 aliphatic rings. The van der Waals surface area contributed by atoms with Crippen LogP contribution in [0.3, 0.4) is 0 Å². The van der Waals surface area contributed by atoms with Gasteiger partial charge < -0.3 is 10.1 Å². The predicted molar refractivity (Wildman–Crippen MR) is 97.6 cm³/mol. The zero-order valence-corrected chi connectivity index (χ0v) is 14.7. The van der Waals surface area contributed by atoms with Gasteiger partial charge in [0, 0.05) is 30.3 Å². The van der Waals surface area contributed by atoms with Crippen molar-refractivity contribution < 1.29 is 18.7 Å². The SMILES string of the molecule is COc1cc(NC(=O)N2C=CC(=O)C[C@H]2C2C=C(F)C=CC2)ccc1C. The number of hydrogen-bond donors (Lipinski definition) is 1. The summed E-state index contributed by atoms with van der Waals surface area (Å²) in [7, 11) is 1.57. The van der Waals surface area contributed by atoms with Crippen molar-refractivity contribution in [2.75, 3.05) is 12.4 Å². The molecule has 2 atom stereocenters. The van der Waals surface area contributed by atoms with E-state index < -0.39 is 6.04 Å². The number of nitrogens with one attached hydrogen (secondary N) is 1. The van der Waals surface area contributed by atoms with Crippen molar-refractivity contribution in [1.82, 2.24) is 4.90 Å². The molecule has 5 nitrogen and oxygen atoms in total. The standard InChI is InChI=1S/C20H21FN2O3/c1-13-6-7-16(11-19(13)26-2)22-20(25)23-9-8-17(24)12-18(23)14-4-3-5-15(21)10-14/h3,5-11,14,18H,4,12H2,1-2H3,(H,22,25)/t14?,18-/m0/s1. The molecule has 1 heterocycles. The first-order chi connectivity index (χ1) is 12.5. The second-order valence-electron chi connectivity index (χ2n) is 6.43. The Bertz CT molecular complexity index is 813. The van der Waals surface area contributed by atoms with E-state index in [9.17, 15) is 14.0 Å². The minimum Gasteiger partial charge on any atom is -0.496 e. The van der Waals surface area contributed by atoms with Crippen molar-refractivity contribution in [2.24, 2.45) is 5.92 Å². The fourth-order valence-electron chi connectivity index (χ4n) is 3.24. The largest absolute Gasteiger partial charge is 0.496 e. The molecular weight excluding hydrogens is 335 g/mol. The predicted octanol–water partition coefficient (Wildman–Crippen LogP) is 4.12. The first-order valence-electron chi connectivity index (χ1n) is 8.47. The Kier molecular flexibility index (Phi) is 5.21. The number of benzene rings is 1. The van der Waals surface area contributed by atoms with Gasteiger partial charge in [-0.3, -0.25) is 9.69 Å². The third kappa shape index (κ3) is 3.85. The summed E-state index contributed by atoms with van der Waals surface area (Å²) in [4.78, 5) is 26.1. The smallest absolute Gasteiger partial charge is 0.326 e. The van der Waals surface area contributed by atoms with E-state index in [0.717, 1.165) is 5.56 Å². The molecule has 1 aliphatic carbocycles. The molecule has 0 radical (unpaired) electrons. The molecule has 136 valence electrons. The Morgan fingerprint density at radius 1 is 1.35 bits per heavy atom. The number of methoxy groups -OCH3 is 1. The molecule has 6 heteroatoms. The average molecular weight is 356 g/mol. The zero-order chi connectivity index (χ0) is 18.7. The van der Waals surface area contributed by atoms with Crippen LogP contribution in [-0.2, 0) is 4.79 Å². The number of amides is 2. The lowest BCUT2D eigenvalue weighted by Gasteiger charge is -2.35. The molecule has 1 unspecified atom stereocenters. The lowest BCUT2D eigenvalue weighted by atomic mass is 9.87. The second-order valence-corrected chi connectivity index (χ2v) is 6.43. The zero-order valence-electron chi connectivity index (χ0n) is 14.7. The summed E-state index contributed by atoms with van der Waals surface area (Å²) in [5.74, 6) is 0.0182. The Morgan fingerprint density at radius 3 is 2.88 bits per heavy atom. The number of rotatable bonds is 3. The summed E-state index contributed by atoms with van der Waals surface area (Å²) >= 11 is 0. The summed E-state index contributed by atoms with van der Waals surface area (Å²) in [5, 5.41) is 2.82. The molecule has 1 aromatic carbocycles. The van der Waals surface area contributed by atoms with E-state index >= 15 is 0 Å². The maximum atomic E-state index is 13.6. The van der Waals surface area contributed by atoms with Gasteiger partial charge in [0.25, 0.3) is 0 Å². The number of halogens is 1. The molecule has 0 saturated carbocycles. The highest BCUT2D eigenvalue weighted by Gasteiger charge is 2.33. The molecule has 0 saturated heterocycles. The van der Waals surface area contributed by atoms with Crippen molar-refractivity contribution >= 4 is 17.5 Å². The minimum absolute atomic E-state index is 0.0700. The van der Waals surface area contributed by atoms with E-state index in [4.69, 9.17) is 4.74 Å². The van der Waals surface area contributed by atoms with Gasteiger partial charge in [0.05, 0.1) is 13.2 Å². The monoisotopic (exact) mass is 356 g/mol. The molecule has 0 spiro atoms. The minimum atomic E-state index is -0.421. The molecule has 0 fully saturated rings. The van der Waals surface area contributed by atoms with Crippen molar-refractivity contribution in [3.63, 3.8) is 0 Å². The van der Waals surface area contributed by atoms with Gasteiger partial charge in [-0.05, 0) is 43.2 Å². The van der Waals surface area contributed by atoms with E-state index in [1.165, 1.54) is 29.3 Å². The number of urea groups is 1. The number of carbonyl (C=O) groups excluding carboxylic acids is 2. The van der Waals surface area contributed by atoms with Gasteiger partial charge in [-0.2, -0.15) is 0 Å². The maximum absolute atomic E-state index is 13.6. The van der Waals surface area contributed by atoms with Crippen molar-refractivity contribution in [1.29, 1.82) is 0 Å². The number of anilines is 1. The Labute approximate surface area is 151 Å². The third-order valence-electron chi connectivity index (χ3n) is 4.64. The van der Waals surface area contributed by atoms with Crippen LogP contribution in [0, 0.1) is 12.8 Å². The van der Waals surface area contributed by atoms with Gasteiger partial charge >= 0.3 is 6.03 Å². The number of ether oxygens (including phenoxy) is 1. The molecule has 1 N–H and O–H groups in total. The Hall–Kier alpha value is -2.89. The van der Waals surface area contributed by atoms with Crippen LogP contribution in [0.2, 0.25) is 0 Å². The number of aryl methyl sites for hydroxylation is 1. The van der Waals surface area contributed by atoms with Crippen LogP contribution in [0.4, 0.5) is 14.9 Å². The number of allylic oxidation sites excluding steroid dienone is 4. The van der Waals surface area contributed by atoms with E-state index in [2.05, 4.69) is 5.32 Å². The van der Waals surface area contributed by atoms with Gasteiger partial charge in [0.15, 0.2) is 5.78 Å². The van der Waals surface area contributed by atoms with Crippen molar-refractivity contribution in [3.8, 4) is 5.75 Å². The first-order valence-corrected chi connectivity index (χ1v) is 8.47. The lowest BCUT2D eigenvalue weighted by molar-refractivity contribution is -0.116. The van der Waals surface area contributed by atoms with E-state index in [0.29, 0.717) is 17.9 Å².